The molecule has 11 heavy (non-hydrogen) atoms. The molecule has 64 valence electrons. The van der Waals surface area contributed by atoms with Gasteiger partial charge in [-0.2, -0.15) is 0 Å². The second-order valence-electron chi connectivity index (χ2n) is 3.36. The molecular weight excluding hydrogens is 146 g/mol. The number of allylic oxidation sites excluding steroid dienone is 2. The van der Waals surface area contributed by atoms with Crippen molar-refractivity contribution in [3.8, 4) is 0 Å². The van der Waals surface area contributed by atoms with Crippen LogP contribution in [0, 0.1) is 0 Å². The van der Waals surface area contributed by atoms with Gasteiger partial charge in [0.05, 0.1) is 0 Å². The summed E-state index contributed by atoms with van der Waals surface area (Å²) in [5, 5.41) is 0. The summed E-state index contributed by atoms with van der Waals surface area (Å²) in [6.07, 6.45) is 2.10. The normalized spacial score (nSPS) is 24.0. The van der Waals surface area contributed by atoms with Gasteiger partial charge in [0, 0.05) is 0 Å². The SMILES string of the molecule is C/C(CF)=C(\C)C1(F)CCC1. The van der Waals surface area contributed by atoms with Gasteiger partial charge >= 0.3 is 0 Å². The van der Waals surface area contributed by atoms with Gasteiger partial charge in [-0.25, -0.2) is 8.78 Å². The number of hydrogen-bond acceptors (Lipinski definition) is 0. The Bertz CT molecular complexity index is 178. The summed E-state index contributed by atoms with van der Waals surface area (Å²) >= 11 is 0. The summed E-state index contributed by atoms with van der Waals surface area (Å²) in [5.74, 6) is 0. The third-order valence-corrected chi connectivity index (χ3v) is 2.66. The fourth-order valence-corrected chi connectivity index (χ4v) is 1.34. The monoisotopic (exact) mass is 160 g/mol. The van der Waals surface area contributed by atoms with Crippen molar-refractivity contribution in [3.63, 3.8) is 0 Å². The van der Waals surface area contributed by atoms with Crippen molar-refractivity contribution >= 4 is 0 Å². The molecule has 0 unspecified atom stereocenters. The van der Waals surface area contributed by atoms with E-state index in [1.54, 1.807) is 13.8 Å². The quantitative estimate of drug-likeness (QED) is 0.544. The first-order valence-electron chi connectivity index (χ1n) is 4.02. The van der Waals surface area contributed by atoms with Gasteiger partial charge in [0.2, 0.25) is 0 Å². The molecule has 0 heterocycles. The molecule has 0 saturated heterocycles. The molecule has 1 fully saturated rings. The fourth-order valence-electron chi connectivity index (χ4n) is 1.34. The van der Waals surface area contributed by atoms with E-state index in [1.165, 1.54) is 0 Å². The number of halogens is 2. The van der Waals surface area contributed by atoms with Gasteiger partial charge in [-0.3, -0.25) is 0 Å². The maximum Gasteiger partial charge on any atom is 0.132 e. The Kier molecular flexibility index (Phi) is 2.31. The topological polar surface area (TPSA) is 0 Å². The molecule has 0 aromatic heterocycles. The van der Waals surface area contributed by atoms with Crippen molar-refractivity contribution in [2.75, 3.05) is 6.67 Å². The average Bonchev–Trinajstić information content (AvgIpc) is 1.97. The molecule has 0 radical (unpaired) electrons. The van der Waals surface area contributed by atoms with E-state index in [2.05, 4.69) is 0 Å². The van der Waals surface area contributed by atoms with E-state index in [1.807, 2.05) is 0 Å². The number of alkyl halides is 2. The Balaban J connectivity index is 2.73. The third kappa shape index (κ3) is 1.44. The van der Waals surface area contributed by atoms with Gasteiger partial charge in [0.15, 0.2) is 0 Å². The van der Waals surface area contributed by atoms with Crippen molar-refractivity contribution in [3.05, 3.63) is 11.1 Å². The summed E-state index contributed by atoms with van der Waals surface area (Å²) in [5.41, 5.74) is 0.0225. The van der Waals surface area contributed by atoms with Crippen LogP contribution in [0.4, 0.5) is 8.78 Å². The Morgan fingerprint density at radius 3 is 2.18 bits per heavy atom. The molecule has 1 aliphatic carbocycles. The minimum Gasteiger partial charge on any atom is -0.246 e. The van der Waals surface area contributed by atoms with Crippen LogP contribution in [0.1, 0.15) is 33.1 Å². The number of hydrogen-bond donors (Lipinski definition) is 0. The molecule has 0 bridgehead atoms. The van der Waals surface area contributed by atoms with Gasteiger partial charge < -0.3 is 0 Å². The Morgan fingerprint density at radius 1 is 1.36 bits per heavy atom. The molecule has 0 aromatic carbocycles. The lowest BCUT2D eigenvalue weighted by Crippen LogP contribution is -2.33. The number of rotatable bonds is 2. The van der Waals surface area contributed by atoms with Crippen LogP contribution in [-0.4, -0.2) is 12.3 Å². The van der Waals surface area contributed by atoms with Crippen LogP contribution in [0.3, 0.4) is 0 Å². The van der Waals surface area contributed by atoms with E-state index in [-0.39, 0.29) is 0 Å². The minimum absolute atomic E-state index is 0.516. The summed E-state index contributed by atoms with van der Waals surface area (Å²) in [7, 11) is 0. The Morgan fingerprint density at radius 2 is 1.91 bits per heavy atom. The van der Waals surface area contributed by atoms with Crippen LogP contribution in [0.15, 0.2) is 11.1 Å². The molecule has 0 amide bonds. The largest absolute Gasteiger partial charge is 0.246 e. The van der Waals surface area contributed by atoms with Crippen LogP contribution in [-0.2, 0) is 0 Å². The predicted octanol–water partition coefficient (Wildman–Crippen LogP) is 3.18. The minimum atomic E-state index is -1.16. The van der Waals surface area contributed by atoms with Crippen molar-refractivity contribution in [2.24, 2.45) is 0 Å². The highest BCUT2D eigenvalue weighted by atomic mass is 19.1. The summed E-state index contributed by atoms with van der Waals surface area (Å²) in [4.78, 5) is 0. The van der Waals surface area contributed by atoms with Gasteiger partial charge in [0.25, 0.3) is 0 Å². The lowest BCUT2D eigenvalue weighted by atomic mass is 9.75. The van der Waals surface area contributed by atoms with Crippen molar-refractivity contribution in [1.29, 1.82) is 0 Å². The summed E-state index contributed by atoms with van der Waals surface area (Å²) in [6.45, 7) is 2.85. The van der Waals surface area contributed by atoms with Crippen LogP contribution in [0.25, 0.3) is 0 Å². The highest BCUT2D eigenvalue weighted by Gasteiger charge is 2.39. The van der Waals surface area contributed by atoms with Crippen molar-refractivity contribution < 1.29 is 8.78 Å². The van der Waals surface area contributed by atoms with Crippen LogP contribution in [0.2, 0.25) is 0 Å². The van der Waals surface area contributed by atoms with Crippen molar-refractivity contribution in [1.82, 2.24) is 0 Å². The molecule has 0 aromatic rings. The molecule has 1 saturated carbocycles. The molecule has 1 aliphatic rings. The lowest BCUT2D eigenvalue weighted by Gasteiger charge is -2.35. The first-order chi connectivity index (χ1) is 5.10. The van der Waals surface area contributed by atoms with Gasteiger partial charge in [0.1, 0.15) is 12.3 Å². The molecule has 0 nitrogen and oxygen atoms in total. The smallest absolute Gasteiger partial charge is 0.132 e. The highest BCUT2D eigenvalue weighted by Crippen LogP contribution is 2.42. The van der Waals surface area contributed by atoms with E-state index >= 15 is 0 Å². The second-order valence-corrected chi connectivity index (χ2v) is 3.36. The molecule has 0 spiro atoms. The van der Waals surface area contributed by atoms with Crippen LogP contribution < -0.4 is 0 Å². The molecule has 1 rings (SSSR count). The zero-order valence-corrected chi connectivity index (χ0v) is 7.08. The van der Waals surface area contributed by atoms with Crippen LogP contribution >= 0.6 is 0 Å². The van der Waals surface area contributed by atoms with E-state index in [9.17, 15) is 8.78 Å². The predicted molar refractivity (Wildman–Crippen MR) is 42.0 cm³/mol. The van der Waals surface area contributed by atoms with Gasteiger partial charge in [-0.05, 0) is 44.3 Å². The molecule has 0 N–H and O–H groups in total. The zero-order chi connectivity index (χ0) is 8.48. The van der Waals surface area contributed by atoms with E-state index < -0.39 is 12.3 Å². The fraction of sp³-hybridized carbons (Fsp3) is 0.778. The van der Waals surface area contributed by atoms with E-state index in [0.29, 0.717) is 24.0 Å². The molecular formula is C9H14F2. The van der Waals surface area contributed by atoms with E-state index in [4.69, 9.17) is 0 Å². The second kappa shape index (κ2) is 2.92. The highest BCUT2D eigenvalue weighted by molar-refractivity contribution is 5.24. The molecule has 0 aliphatic heterocycles. The molecule has 2 heteroatoms. The Labute approximate surface area is 66.3 Å². The maximum atomic E-state index is 13.5. The zero-order valence-electron chi connectivity index (χ0n) is 7.08. The average molecular weight is 160 g/mol. The lowest BCUT2D eigenvalue weighted by molar-refractivity contribution is 0.103. The summed E-state index contributed by atoms with van der Waals surface area (Å²) < 4.78 is 25.6. The van der Waals surface area contributed by atoms with Crippen molar-refractivity contribution in [2.45, 2.75) is 38.8 Å². The van der Waals surface area contributed by atoms with Gasteiger partial charge in [-0.15, -0.1) is 0 Å². The van der Waals surface area contributed by atoms with Gasteiger partial charge in [-0.1, -0.05) is 0 Å². The maximum absolute atomic E-state index is 13.5. The first-order valence-corrected chi connectivity index (χ1v) is 4.02. The van der Waals surface area contributed by atoms with Crippen LogP contribution in [0.5, 0.6) is 0 Å². The standard InChI is InChI=1S/C9H14F2/c1-7(6-10)8(2)9(11)4-3-5-9/h3-6H2,1-2H3/b8-7-. The molecule has 0 atom stereocenters. The summed E-state index contributed by atoms with van der Waals surface area (Å²) in [6, 6.07) is 0. The van der Waals surface area contributed by atoms with E-state index in [0.717, 1.165) is 6.42 Å². The third-order valence-electron chi connectivity index (χ3n) is 2.66. The Hall–Kier alpha value is -0.400. The first kappa shape index (κ1) is 8.69.